The molecule has 0 saturated heterocycles. The second kappa shape index (κ2) is 9.88. The molecule has 9 heteroatoms. The van der Waals surface area contributed by atoms with Crippen molar-refractivity contribution in [3.05, 3.63) is 54.1 Å². The predicted octanol–water partition coefficient (Wildman–Crippen LogP) is 4.26. The van der Waals surface area contributed by atoms with Crippen molar-refractivity contribution in [2.45, 2.75) is 24.7 Å². The number of carbonyl (C=O) groups is 1. The summed E-state index contributed by atoms with van der Waals surface area (Å²) < 4.78 is 51.6. The van der Waals surface area contributed by atoms with Crippen molar-refractivity contribution in [1.82, 2.24) is 0 Å². The van der Waals surface area contributed by atoms with Gasteiger partial charge in [0.2, 0.25) is 15.9 Å². The highest BCUT2D eigenvalue weighted by atomic mass is 32.2. The SMILES string of the molecule is CCSc1ccccc1NC(=O)CCCN(c1ccc(F)c(F)c1)S(C)(=O)=O. The number of hydrogen-bond donors (Lipinski definition) is 1. The third-order valence-electron chi connectivity index (χ3n) is 3.82. The van der Waals surface area contributed by atoms with Crippen LogP contribution >= 0.6 is 11.8 Å². The maximum absolute atomic E-state index is 13.5. The van der Waals surface area contributed by atoms with Crippen molar-refractivity contribution in [2.75, 3.05) is 28.2 Å². The Labute approximate surface area is 168 Å². The van der Waals surface area contributed by atoms with Crippen molar-refractivity contribution in [3.63, 3.8) is 0 Å². The van der Waals surface area contributed by atoms with Crippen molar-refractivity contribution < 1.29 is 22.0 Å². The molecule has 0 spiro atoms. The number of sulfonamides is 1. The van der Waals surface area contributed by atoms with E-state index < -0.39 is 21.7 Å². The minimum atomic E-state index is -3.71. The number of nitrogens with zero attached hydrogens (tertiary/aromatic N) is 1. The molecule has 1 N–H and O–H groups in total. The van der Waals surface area contributed by atoms with Crippen LogP contribution in [0.2, 0.25) is 0 Å². The van der Waals surface area contributed by atoms with Gasteiger partial charge in [-0.05, 0) is 36.4 Å². The summed E-state index contributed by atoms with van der Waals surface area (Å²) in [6.07, 6.45) is 1.29. The maximum Gasteiger partial charge on any atom is 0.232 e. The molecule has 0 atom stereocenters. The smallest absolute Gasteiger partial charge is 0.232 e. The zero-order chi connectivity index (χ0) is 20.7. The van der Waals surface area contributed by atoms with Crippen LogP contribution in [0.5, 0.6) is 0 Å². The van der Waals surface area contributed by atoms with E-state index in [0.29, 0.717) is 5.69 Å². The lowest BCUT2D eigenvalue weighted by Crippen LogP contribution is -2.31. The summed E-state index contributed by atoms with van der Waals surface area (Å²) in [7, 11) is -3.71. The van der Waals surface area contributed by atoms with Gasteiger partial charge in [0, 0.05) is 23.9 Å². The molecule has 0 heterocycles. The Morgan fingerprint density at radius 2 is 1.86 bits per heavy atom. The Hall–Kier alpha value is -2.13. The Kier molecular flexibility index (Phi) is 7.82. The van der Waals surface area contributed by atoms with Crippen LogP contribution in [0, 0.1) is 11.6 Å². The van der Waals surface area contributed by atoms with E-state index >= 15 is 0 Å². The fourth-order valence-electron chi connectivity index (χ4n) is 2.57. The van der Waals surface area contributed by atoms with Crippen LogP contribution in [-0.2, 0) is 14.8 Å². The largest absolute Gasteiger partial charge is 0.325 e. The molecule has 28 heavy (non-hydrogen) atoms. The molecule has 5 nitrogen and oxygen atoms in total. The third kappa shape index (κ3) is 6.20. The normalized spacial score (nSPS) is 11.3. The topological polar surface area (TPSA) is 66.5 Å². The van der Waals surface area contributed by atoms with Crippen molar-refractivity contribution in [1.29, 1.82) is 0 Å². The summed E-state index contributed by atoms with van der Waals surface area (Å²) in [5.41, 5.74) is 0.728. The highest BCUT2D eigenvalue weighted by Gasteiger charge is 2.19. The second-order valence-electron chi connectivity index (χ2n) is 6.01. The minimum Gasteiger partial charge on any atom is -0.325 e. The summed E-state index contributed by atoms with van der Waals surface area (Å²) in [4.78, 5) is 13.2. The molecule has 0 aliphatic heterocycles. The number of hydrogen-bond acceptors (Lipinski definition) is 4. The summed E-state index contributed by atoms with van der Waals surface area (Å²) in [6.45, 7) is 1.99. The second-order valence-corrected chi connectivity index (χ2v) is 9.23. The number of carbonyl (C=O) groups excluding carboxylic acids is 1. The third-order valence-corrected chi connectivity index (χ3v) is 5.97. The van der Waals surface area contributed by atoms with Crippen molar-refractivity contribution >= 4 is 39.1 Å². The molecule has 2 aromatic carbocycles. The van der Waals surface area contributed by atoms with Gasteiger partial charge in [0.15, 0.2) is 11.6 Å². The van der Waals surface area contributed by atoms with Gasteiger partial charge in [-0.15, -0.1) is 11.8 Å². The Balaban J connectivity index is 2.01. The monoisotopic (exact) mass is 428 g/mol. The number of benzene rings is 2. The lowest BCUT2D eigenvalue weighted by molar-refractivity contribution is -0.116. The van der Waals surface area contributed by atoms with E-state index in [-0.39, 0.29) is 31.0 Å². The summed E-state index contributed by atoms with van der Waals surface area (Å²) in [5.74, 6) is -1.57. The molecule has 0 aromatic heterocycles. The molecule has 0 unspecified atom stereocenters. The van der Waals surface area contributed by atoms with Gasteiger partial charge in [0.25, 0.3) is 0 Å². The van der Waals surface area contributed by atoms with Gasteiger partial charge < -0.3 is 5.32 Å². The number of halogens is 2. The molecule has 0 aliphatic rings. The van der Waals surface area contributed by atoms with Gasteiger partial charge in [0.1, 0.15) is 0 Å². The molecule has 2 aromatic rings. The predicted molar refractivity (Wildman–Crippen MR) is 109 cm³/mol. The lowest BCUT2D eigenvalue weighted by Gasteiger charge is -2.22. The Morgan fingerprint density at radius 3 is 2.50 bits per heavy atom. The average Bonchev–Trinajstić information content (AvgIpc) is 2.62. The van der Waals surface area contributed by atoms with Crippen LogP contribution in [0.15, 0.2) is 47.4 Å². The standard InChI is InChI=1S/C19H22F2N2O3S2/c1-3-27-18-8-5-4-7-17(18)22-19(24)9-6-12-23(28(2,25)26)14-10-11-15(20)16(21)13-14/h4-5,7-8,10-11,13H,3,6,9,12H2,1-2H3,(H,22,24). The number of amides is 1. The zero-order valence-electron chi connectivity index (χ0n) is 15.6. The fourth-order valence-corrected chi connectivity index (χ4v) is 4.29. The van der Waals surface area contributed by atoms with Crippen LogP contribution in [0.3, 0.4) is 0 Å². The van der Waals surface area contributed by atoms with Gasteiger partial charge >= 0.3 is 0 Å². The highest BCUT2D eigenvalue weighted by molar-refractivity contribution is 7.99. The summed E-state index contributed by atoms with van der Waals surface area (Å²) in [5, 5.41) is 2.83. The highest BCUT2D eigenvalue weighted by Crippen LogP contribution is 2.27. The van der Waals surface area contributed by atoms with Crippen molar-refractivity contribution in [2.24, 2.45) is 0 Å². The van der Waals surface area contributed by atoms with Crippen LogP contribution in [0.4, 0.5) is 20.2 Å². The average molecular weight is 429 g/mol. The van der Waals surface area contributed by atoms with Gasteiger partial charge in [-0.3, -0.25) is 9.10 Å². The number of rotatable bonds is 9. The summed E-state index contributed by atoms with van der Waals surface area (Å²) >= 11 is 1.61. The first-order valence-corrected chi connectivity index (χ1v) is 11.5. The Morgan fingerprint density at radius 1 is 1.14 bits per heavy atom. The first-order valence-electron chi connectivity index (χ1n) is 8.66. The van der Waals surface area contributed by atoms with Crippen LogP contribution in [0.1, 0.15) is 19.8 Å². The fraction of sp³-hybridized carbons (Fsp3) is 0.316. The number of thioether (sulfide) groups is 1. The van der Waals surface area contributed by atoms with E-state index in [4.69, 9.17) is 0 Å². The van der Waals surface area contributed by atoms with Gasteiger partial charge in [-0.2, -0.15) is 0 Å². The molecule has 1 amide bonds. The molecule has 0 bridgehead atoms. The lowest BCUT2D eigenvalue weighted by atomic mass is 10.2. The van der Waals surface area contributed by atoms with E-state index in [1.165, 1.54) is 6.07 Å². The quantitative estimate of drug-likeness (QED) is 0.606. The van der Waals surface area contributed by atoms with E-state index in [0.717, 1.165) is 33.3 Å². The molecule has 0 saturated carbocycles. The van der Waals surface area contributed by atoms with Gasteiger partial charge in [-0.1, -0.05) is 19.1 Å². The first-order chi connectivity index (χ1) is 13.2. The van der Waals surface area contributed by atoms with Crippen molar-refractivity contribution in [3.8, 4) is 0 Å². The van der Waals surface area contributed by atoms with E-state index in [9.17, 15) is 22.0 Å². The molecule has 0 fully saturated rings. The van der Waals surface area contributed by atoms with Crippen LogP contribution < -0.4 is 9.62 Å². The molecule has 152 valence electrons. The Bertz CT molecular complexity index is 937. The van der Waals surface area contributed by atoms with E-state index in [1.54, 1.807) is 17.8 Å². The van der Waals surface area contributed by atoms with E-state index in [2.05, 4.69) is 5.32 Å². The molecule has 0 radical (unpaired) electrons. The number of para-hydroxylation sites is 1. The maximum atomic E-state index is 13.5. The molecule has 2 rings (SSSR count). The first kappa shape index (κ1) is 22.2. The molecular weight excluding hydrogens is 406 g/mol. The number of anilines is 2. The van der Waals surface area contributed by atoms with Gasteiger partial charge in [-0.25, -0.2) is 17.2 Å². The molecular formula is C19H22F2N2O3S2. The summed E-state index contributed by atoms with van der Waals surface area (Å²) in [6, 6.07) is 10.3. The van der Waals surface area contributed by atoms with Crippen LogP contribution in [0.25, 0.3) is 0 Å². The van der Waals surface area contributed by atoms with Crippen LogP contribution in [-0.4, -0.2) is 32.9 Å². The van der Waals surface area contributed by atoms with Gasteiger partial charge in [0.05, 0.1) is 17.6 Å². The number of nitrogens with one attached hydrogen (secondary N) is 1. The van der Waals surface area contributed by atoms with E-state index in [1.807, 2.05) is 25.1 Å². The zero-order valence-corrected chi connectivity index (χ0v) is 17.2. The minimum absolute atomic E-state index is 0.0199. The molecule has 0 aliphatic carbocycles.